The molecule has 45 heavy (non-hydrogen) atoms. The highest BCUT2D eigenvalue weighted by Gasteiger charge is 2.27. The molecule has 1 aliphatic carbocycles. The van der Waals surface area contributed by atoms with E-state index in [9.17, 15) is 23.1 Å². The van der Waals surface area contributed by atoms with Crippen molar-refractivity contribution in [2.75, 3.05) is 24.2 Å². The van der Waals surface area contributed by atoms with Crippen molar-refractivity contribution >= 4 is 33.2 Å². The summed E-state index contributed by atoms with van der Waals surface area (Å²) < 4.78 is 32.4. The van der Waals surface area contributed by atoms with Crippen LogP contribution in [-0.2, 0) is 21.2 Å². The van der Waals surface area contributed by atoms with Crippen LogP contribution in [0.15, 0.2) is 78.9 Å². The van der Waals surface area contributed by atoms with Gasteiger partial charge < -0.3 is 25.8 Å². The summed E-state index contributed by atoms with van der Waals surface area (Å²) >= 11 is 0. The van der Waals surface area contributed by atoms with Crippen LogP contribution in [-0.4, -0.2) is 69.5 Å². The third kappa shape index (κ3) is 9.53. The molecule has 0 saturated heterocycles. The third-order valence-electron chi connectivity index (χ3n) is 8.04. The number of hydrogen-bond donors (Lipinski definition) is 4. The molecule has 0 aliphatic heterocycles. The van der Waals surface area contributed by atoms with Gasteiger partial charge >= 0.3 is 0 Å². The second-order valence-corrected chi connectivity index (χ2v) is 13.4. The third-order valence-corrected chi connectivity index (χ3v) is 9.11. The number of hydrogen-bond acceptors (Lipinski definition) is 7. The number of carbonyl (C=O) groups excluding carboxylic acids is 2. The minimum Gasteiger partial charge on any atom is -0.495 e. The monoisotopic (exact) mass is 636 g/mol. The summed E-state index contributed by atoms with van der Waals surface area (Å²) in [4.78, 5) is 26.4. The van der Waals surface area contributed by atoms with Gasteiger partial charge in [-0.25, -0.2) is 12.7 Å². The van der Waals surface area contributed by atoms with Crippen LogP contribution in [0.1, 0.15) is 54.9 Å². The lowest BCUT2D eigenvalue weighted by atomic mass is 9.95. The van der Waals surface area contributed by atoms with E-state index in [1.54, 1.807) is 49.4 Å². The van der Waals surface area contributed by atoms with Crippen LogP contribution in [0.25, 0.3) is 0 Å². The van der Waals surface area contributed by atoms with Gasteiger partial charge in [0.1, 0.15) is 5.75 Å². The van der Waals surface area contributed by atoms with E-state index in [-0.39, 0.29) is 29.7 Å². The first kappa shape index (κ1) is 34.0. The predicted octanol–water partition coefficient (Wildman–Crippen LogP) is 3.92. The molecule has 2 amide bonds. The van der Waals surface area contributed by atoms with Crippen molar-refractivity contribution in [2.45, 2.75) is 69.7 Å². The first-order valence-corrected chi connectivity index (χ1v) is 17.2. The normalized spacial score (nSPS) is 15.8. The number of nitrogens with zero attached hydrogens (tertiary/aromatic N) is 1. The van der Waals surface area contributed by atoms with Gasteiger partial charge in [0.15, 0.2) is 0 Å². The molecule has 10 nitrogen and oxygen atoms in total. The Balaban J connectivity index is 1.50. The topological polar surface area (TPSA) is 137 Å². The molecule has 242 valence electrons. The Hall–Kier alpha value is -3.93. The van der Waals surface area contributed by atoms with Crippen molar-refractivity contribution in [1.82, 2.24) is 16.0 Å². The number of benzene rings is 3. The fourth-order valence-corrected chi connectivity index (χ4v) is 6.59. The number of ether oxygens (including phenoxy) is 1. The van der Waals surface area contributed by atoms with Crippen molar-refractivity contribution in [3.63, 3.8) is 0 Å². The Morgan fingerprint density at radius 2 is 1.67 bits per heavy atom. The number of nitrogens with one attached hydrogen (secondary N) is 3. The Morgan fingerprint density at radius 3 is 2.36 bits per heavy atom. The average molecular weight is 637 g/mol. The predicted molar refractivity (Wildman–Crippen MR) is 176 cm³/mol. The largest absolute Gasteiger partial charge is 0.495 e. The maximum atomic E-state index is 13.6. The van der Waals surface area contributed by atoms with E-state index in [1.807, 2.05) is 30.3 Å². The Kier molecular flexibility index (Phi) is 12.0. The zero-order chi connectivity index (χ0) is 32.4. The molecular weight excluding hydrogens is 592 g/mol. The minimum atomic E-state index is -3.81. The van der Waals surface area contributed by atoms with Gasteiger partial charge in [0.2, 0.25) is 15.9 Å². The highest BCUT2D eigenvalue weighted by molar-refractivity contribution is 7.92. The molecule has 3 aromatic rings. The molecule has 1 saturated carbocycles. The molecule has 11 heteroatoms. The van der Waals surface area contributed by atoms with Crippen molar-refractivity contribution in [2.24, 2.45) is 0 Å². The molecule has 4 rings (SSSR count). The number of para-hydroxylation sites is 2. The number of methoxy groups -OCH3 is 1. The Morgan fingerprint density at radius 1 is 0.978 bits per heavy atom. The van der Waals surface area contributed by atoms with Crippen LogP contribution in [0.4, 0.5) is 11.4 Å². The minimum absolute atomic E-state index is 0.0761. The summed E-state index contributed by atoms with van der Waals surface area (Å²) in [5, 5.41) is 20.4. The molecule has 1 fully saturated rings. The van der Waals surface area contributed by atoms with Crippen LogP contribution in [0, 0.1) is 0 Å². The number of carbonyl (C=O) groups is 2. The summed E-state index contributed by atoms with van der Waals surface area (Å²) in [6, 6.07) is 21.5. The molecule has 0 spiro atoms. The summed E-state index contributed by atoms with van der Waals surface area (Å²) in [6.45, 7) is 1.84. The van der Waals surface area contributed by atoms with E-state index >= 15 is 0 Å². The van der Waals surface area contributed by atoms with Gasteiger partial charge in [-0.1, -0.05) is 67.8 Å². The van der Waals surface area contributed by atoms with E-state index in [2.05, 4.69) is 16.0 Å². The zero-order valence-electron chi connectivity index (χ0n) is 26.1. The van der Waals surface area contributed by atoms with Crippen LogP contribution < -0.4 is 25.0 Å². The van der Waals surface area contributed by atoms with Crippen LogP contribution >= 0.6 is 0 Å². The van der Waals surface area contributed by atoms with E-state index in [0.29, 0.717) is 17.9 Å². The average Bonchev–Trinajstić information content (AvgIpc) is 3.04. The van der Waals surface area contributed by atoms with Gasteiger partial charge in [-0.15, -0.1) is 0 Å². The lowest BCUT2D eigenvalue weighted by molar-refractivity contribution is -0.123. The van der Waals surface area contributed by atoms with E-state index in [1.165, 1.54) is 19.6 Å². The van der Waals surface area contributed by atoms with Gasteiger partial charge in [-0.3, -0.25) is 9.59 Å². The molecule has 4 N–H and O–H groups in total. The van der Waals surface area contributed by atoms with Crippen LogP contribution in [0.5, 0.6) is 5.75 Å². The standard InChI is InChI=1S/C34H44N4O6S/c1-24(33(40)36-27-16-8-5-9-17-27)35-23-31(39)29(21-25-13-6-4-7-14-25)37-34(41)26-15-12-18-28(22-26)38(45(3,42)43)30-19-10-11-20-32(30)44-2/h4,6-7,10-15,18-20,22,24,27,29,31,35,39H,5,8-9,16-17,21,23H2,1-3H3,(H,36,40)(H,37,41)/t24-,29-,31+/m0/s1. The number of aliphatic hydroxyl groups is 1. The van der Waals surface area contributed by atoms with E-state index < -0.39 is 34.1 Å². The first-order chi connectivity index (χ1) is 21.6. The SMILES string of the molecule is COc1ccccc1N(c1cccc(C(=O)N[C@@H](Cc2ccccc2)[C@H](O)CN[C@@H](C)C(=O)NC2CCCCC2)c1)S(C)(=O)=O. The van der Waals surface area contributed by atoms with E-state index in [4.69, 9.17) is 4.74 Å². The van der Waals surface area contributed by atoms with Gasteiger partial charge in [0.05, 0.1) is 42.9 Å². The molecular formula is C34H44N4O6S. The number of aliphatic hydroxyl groups excluding tert-OH is 1. The van der Waals surface area contributed by atoms with E-state index in [0.717, 1.165) is 41.8 Å². The number of sulfonamides is 1. The molecule has 0 unspecified atom stereocenters. The van der Waals surface area contributed by atoms with Crippen molar-refractivity contribution in [1.29, 1.82) is 0 Å². The van der Waals surface area contributed by atoms with Gasteiger partial charge in [-0.2, -0.15) is 0 Å². The van der Waals surface area contributed by atoms with Crippen molar-refractivity contribution in [3.05, 3.63) is 90.0 Å². The van der Waals surface area contributed by atoms with Crippen molar-refractivity contribution < 1.29 is 27.9 Å². The number of amides is 2. The first-order valence-electron chi connectivity index (χ1n) is 15.4. The summed E-state index contributed by atoms with van der Waals surface area (Å²) in [5.41, 5.74) is 1.70. The number of anilines is 2. The zero-order valence-corrected chi connectivity index (χ0v) is 26.9. The lowest BCUT2D eigenvalue weighted by Gasteiger charge is -2.28. The summed E-state index contributed by atoms with van der Waals surface area (Å²) in [5.74, 6) is -0.230. The Labute approximate surface area is 266 Å². The second kappa shape index (κ2) is 15.9. The maximum absolute atomic E-state index is 13.6. The molecule has 0 heterocycles. The molecule has 0 aromatic heterocycles. The Bertz CT molecular complexity index is 1530. The fraction of sp³-hybridized carbons (Fsp3) is 0.412. The van der Waals surface area contributed by atoms with Gasteiger partial charge in [0, 0.05) is 18.2 Å². The molecule has 3 atom stereocenters. The summed E-state index contributed by atoms with van der Waals surface area (Å²) in [7, 11) is -2.36. The second-order valence-electron chi connectivity index (χ2n) is 11.6. The quantitative estimate of drug-likeness (QED) is 0.211. The molecule has 0 radical (unpaired) electrons. The van der Waals surface area contributed by atoms with Crippen molar-refractivity contribution in [3.8, 4) is 5.75 Å². The van der Waals surface area contributed by atoms with Gasteiger partial charge in [-0.05, 0) is 62.1 Å². The highest BCUT2D eigenvalue weighted by atomic mass is 32.2. The molecule has 1 aliphatic rings. The molecule has 0 bridgehead atoms. The van der Waals surface area contributed by atoms with Gasteiger partial charge in [0.25, 0.3) is 5.91 Å². The number of rotatable bonds is 14. The smallest absolute Gasteiger partial charge is 0.251 e. The van der Waals surface area contributed by atoms with Crippen LogP contribution in [0.2, 0.25) is 0 Å². The summed E-state index contributed by atoms with van der Waals surface area (Å²) in [6.07, 6.45) is 5.79. The lowest BCUT2D eigenvalue weighted by Crippen LogP contribution is -2.53. The fourth-order valence-electron chi connectivity index (χ4n) is 5.59. The van der Waals surface area contributed by atoms with Crippen LogP contribution in [0.3, 0.4) is 0 Å². The molecule has 3 aromatic carbocycles. The highest BCUT2D eigenvalue weighted by Crippen LogP contribution is 2.36. The maximum Gasteiger partial charge on any atom is 0.251 e.